The minimum atomic E-state index is -1.01. The third-order valence-electron chi connectivity index (χ3n) is 4.41. The molecule has 0 unspecified atom stereocenters. The van der Waals surface area contributed by atoms with Crippen molar-refractivity contribution in [3.8, 4) is 6.07 Å². The monoisotopic (exact) mass is 450 g/mol. The van der Waals surface area contributed by atoms with Crippen LogP contribution in [0.25, 0.3) is 5.57 Å². The number of aldehydes is 1. The highest BCUT2D eigenvalue weighted by Gasteiger charge is 2.18. The van der Waals surface area contributed by atoms with Crippen LogP contribution in [0.5, 0.6) is 0 Å². The summed E-state index contributed by atoms with van der Waals surface area (Å²) in [6, 6.07) is 6.07. The molecule has 11 nitrogen and oxygen atoms in total. The van der Waals surface area contributed by atoms with Gasteiger partial charge in [-0.2, -0.15) is 5.26 Å². The van der Waals surface area contributed by atoms with E-state index in [1.54, 1.807) is 39.2 Å². The summed E-state index contributed by atoms with van der Waals surface area (Å²) >= 11 is 0. The Labute approximate surface area is 191 Å². The predicted octanol–water partition coefficient (Wildman–Crippen LogP) is 2.22. The zero-order valence-electron chi connectivity index (χ0n) is 18.8. The van der Waals surface area contributed by atoms with Crippen molar-refractivity contribution in [1.82, 2.24) is 15.3 Å². The zero-order valence-corrected chi connectivity index (χ0v) is 18.8. The van der Waals surface area contributed by atoms with Gasteiger partial charge in [-0.05, 0) is 26.0 Å². The Morgan fingerprint density at radius 1 is 1.39 bits per heavy atom. The number of pyridine rings is 2. The molecule has 172 valence electrons. The fourth-order valence-electron chi connectivity index (χ4n) is 2.71. The number of rotatable bonds is 9. The lowest BCUT2D eigenvalue weighted by Crippen LogP contribution is -2.32. The van der Waals surface area contributed by atoms with E-state index in [4.69, 9.17) is 5.41 Å². The minimum absolute atomic E-state index is 0.0757. The van der Waals surface area contributed by atoms with Crippen molar-refractivity contribution < 1.29 is 14.7 Å². The van der Waals surface area contributed by atoms with E-state index < -0.39 is 11.6 Å². The molecule has 0 saturated heterocycles. The number of nitriles is 1. The number of hydrogen-bond donors (Lipinski definition) is 5. The second-order valence-corrected chi connectivity index (χ2v) is 7.63. The van der Waals surface area contributed by atoms with Gasteiger partial charge in [0, 0.05) is 56.5 Å². The second kappa shape index (κ2) is 10.8. The van der Waals surface area contributed by atoms with Crippen molar-refractivity contribution in [2.75, 3.05) is 36.2 Å². The molecule has 2 aromatic heterocycles. The van der Waals surface area contributed by atoms with E-state index in [0.717, 1.165) is 6.21 Å². The van der Waals surface area contributed by atoms with Crippen molar-refractivity contribution in [2.45, 2.75) is 19.4 Å². The summed E-state index contributed by atoms with van der Waals surface area (Å²) in [6.07, 6.45) is 4.52. The maximum atomic E-state index is 12.7. The number of urea groups is 1. The van der Waals surface area contributed by atoms with Gasteiger partial charge in [0.15, 0.2) is 6.29 Å². The predicted molar refractivity (Wildman–Crippen MR) is 127 cm³/mol. The minimum Gasteiger partial charge on any atom is -0.393 e. The van der Waals surface area contributed by atoms with Gasteiger partial charge in [0.25, 0.3) is 0 Å². The van der Waals surface area contributed by atoms with Gasteiger partial charge >= 0.3 is 6.03 Å². The molecule has 5 N–H and O–H groups in total. The number of hydrogen-bond acceptors (Lipinski definition) is 9. The van der Waals surface area contributed by atoms with Crippen LogP contribution in [0.15, 0.2) is 30.6 Å². The first kappa shape index (κ1) is 25.0. The van der Waals surface area contributed by atoms with Crippen LogP contribution in [0.1, 0.15) is 35.5 Å². The topological polar surface area (TPSA) is 167 Å². The summed E-state index contributed by atoms with van der Waals surface area (Å²) in [5, 5.41) is 35.1. The van der Waals surface area contributed by atoms with E-state index in [0.29, 0.717) is 23.1 Å². The normalized spacial score (nSPS) is 11.2. The number of anilines is 3. The summed E-state index contributed by atoms with van der Waals surface area (Å²) in [7, 11) is 3.15. The Hall–Kier alpha value is -4.30. The van der Waals surface area contributed by atoms with Crippen LogP contribution >= 0.6 is 0 Å². The maximum absolute atomic E-state index is 12.7. The van der Waals surface area contributed by atoms with Gasteiger partial charge in [0.2, 0.25) is 0 Å². The van der Waals surface area contributed by atoms with Gasteiger partial charge in [-0.15, -0.1) is 0 Å². The van der Waals surface area contributed by atoms with Gasteiger partial charge in [-0.25, -0.2) is 14.8 Å². The van der Waals surface area contributed by atoms with Gasteiger partial charge < -0.3 is 21.1 Å². The molecule has 0 aliphatic rings. The first-order chi connectivity index (χ1) is 15.6. The molecule has 11 heteroatoms. The van der Waals surface area contributed by atoms with Crippen molar-refractivity contribution in [3.05, 3.63) is 47.4 Å². The number of amides is 2. The lowest BCUT2D eigenvalue weighted by Gasteiger charge is -2.20. The zero-order chi connectivity index (χ0) is 24.6. The van der Waals surface area contributed by atoms with E-state index in [1.807, 2.05) is 6.07 Å². The van der Waals surface area contributed by atoms with Gasteiger partial charge in [0.1, 0.15) is 23.4 Å². The van der Waals surface area contributed by atoms with Gasteiger partial charge in [0.05, 0.1) is 16.9 Å². The van der Waals surface area contributed by atoms with E-state index in [2.05, 4.69) is 25.9 Å². The molecule has 0 aliphatic carbocycles. The fraction of sp³-hybridized carbons (Fsp3) is 0.273. The Balaban J connectivity index is 2.25. The Morgan fingerprint density at radius 3 is 2.70 bits per heavy atom. The smallest absolute Gasteiger partial charge is 0.328 e. The standard InChI is InChI=1S/C22H26N8O3/c1-22(2,33)13-27-17-7-19(26-11-15(17)9-24)29-21(32)30(4)20-6-5-16(18(12-31)28-20)14(8-23)10-25-3/h5-8,10-12,23,25,33H,13H2,1-4H3,(H2,26,27,29,32)/b14-10+,23-8?. The molecule has 0 spiro atoms. The summed E-state index contributed by atoms with van der Waals surface area (Å²) < 4.78 is 0. The lowest BCUT2D eigenvalue weighted by atomic mass is 10.1. The fourth-order valence-corrected chi connectivity index (χ4v) is 2.71. The average Bonchev–Trinajstić information content (AvgIpc) is 2.80. The molecule has 33 heavy (non-hydrogen) atoms. The molecule has 0 atom stereocenters. The second-order valence-electron chi connectivity index (χ2n) is 7.63. The van der Waals surface area contributed by atoms with Crippen LogP contribution in [0.4, 0.5) is 22.1 Å². The van der Waals surface area contributed by atoms with E-state index in [1.165, 1.54) is 24.2 Å². The van der Waals surface area contributed by atoms with E-state index in [-0.39, 0.29) is 29.4 Å². The molecule has 2 aromatic rings. The molecule has 0 fully saturated rings. The Kier molecular flexibility index (Phi) is 8.19. The van der Waals surface area contributed by atoms with Crippen LogP contribution in [0, 0.1) is 16.7 Å². The quantitative estimate of drug-likeness (QED) is 0.286. The molecule has 0 aliphatic heterocycles. The van der Waals surface area contributed by atoms with Gasteiger partial charge in [-0.3, -0.25) is 15.0 Å². The highest BCUT2D eigenvalue weighted by Crippen LogP contribution is 2.22. The number of aliphatic hydroxyl groups is 1. The number of carbonyl (C=O) groups excluding carboxylic acids is 2. The van der Waals surface area contributed by atoms with Crippen molar-refractivity contribution in [1.29, 1.82) is 10.7 Å². The summed E-state index contributed by atoms with van der Waals surface area (Å²) in [4.78, 5) is 33.8. The largest absolute Gasteiger partial charge is 0.393 e. The van der Waals surface area contributed by atoms with Crippen LogP contribution in [-0.2, 0) is 0 Å². The molecule has 2 amide bonds. The lowest BCUT2D eigenvalue weighted by molar-refractivity contribution is 0.0945. The maximum Gasteiger partial charge on any atom is 0.328 e. The number of aromatic nitrogens is 2. The van der Waals surface area contributed by atoms with Crippen molar-refractivity contribution in [2.24, 2.45) is 0 Å². The van der Waals surface area contributed by atoms with E-state index >= 15 is 0 Å². The first-order valence-electron chi connectivity index (χ1n) is 9.89. The molecule has 0 saturated carbocycles. The third-order valence-corrected chi connectivity index (χ3v) is 4.41. The summed E-state index contributed by atoms with van der Waals surface area (Å²) in [6.45, 7) is 3.43. The van der Waals surface area contributed by atoms with Crippen LogP contribution in [-0.4, -0.2) is 59.8 Å². The van der Waals surface area contributed by atoms with Crippen LogP contribution < -0.4 is 20.9 Å². The van der Waals surface area contributed by atoms with Crippen LogP contribution in [0.3, 0.4) is 0 Å². The van der Waals surface area contributed by atoms with Crippen LogP contribution in [0.2, 0.25) is 0 Å². The first-order valence-corrected chi connectivity index (χ1v) is 9.89. The molecule has 2 heterocycles. The molecule has 0 bridgehead atoms. The molecular formula is C22H26N8O3. The van der Waals surface area contributed by atoms with E-state index in [9.17, 15) is 20.0 Å². The number of nitrogens with one attached hydrogen (secondary N) is 4. The van der Waals surface area contributed by atoms with Gasteiger partial charge in [-0.1, -0.05) is 0 Å². The SMILES string of the molecule is CN/C=C(\C=N)c1ccc(N(C)C(=O)Nc2cc(NCC(C)(C)O)c(C#N)cn2)nc1C=O. The highest BCUT2D eigenvalue weighted by atomic mass is 16.3. The molecule has 2 rings (SSSR count). The summed E-state index contributed by atoms with van der Waals surface area (Å²) in [5.74, 6) is 0.389. The molecule has 0 aromatic carbocycles. The highest BCUT2D eigenvalue weighted by molar-refractivity contribution is 6.10. The number of nitrogens with zero attached hydrogens (tertiary/aromatic N) is 4. The van der Waals surface area contributed by atoms with Crippen molar-refractivity contribution in [3.63, 3.8) is 0 Å². The number of carbonyl (C=O) groups is 2. The van der Waals surface area contributed by atoms with Crippen molar-refractivity contribution >= 4 is 41.4 Å². The summed E-state index contributed by atoms with van der Waals surface area (Å²) in [5.41, 5.74) is 0.644. The molecule has 0 radical (unpaired) electrons. The third kappa shape index (κ3) is 6.59. The Morgan fingerprint density at radius 2 is 2.12 bits per heavy atom. The number of allylic oxidation sites excluding steroid dienone is 1. The Bertz CT molecular complexity index is 1120. The average molecular weight is 451 g/mol. The molecular weight excluding hydrogens is 424 g/mol.